The molecule has 17 heavy (non-hydrogen) atoms. The molecule has 1 saturated carbocycles. The van der Waals surface area contributed by atoms with Gasteiger partial charge in [0, 0.05) is 5.56 Å². The van der Waals surface area contributed by atoms with Crippen molar-refractivity contribution in [2.45, 2.75) is 37.5 Å². The minimum absolute atomic E-state index is 0.256. The number of hydrogen-bond acceptors (Lipinski definition) is 3. The zero-order chi connectivity index (χ0) is 12.5. The maximum atomic E-state index is 11.5. The average Bonchev–Trinajstić information content (AvgIpc) is 2.33. The van der Waals surface area contributed by atoms with Crippen LogP contribution < -0.4 is 0 Å². The van der Waals surface area contributed by atoms with E-state index in [0.717, 1.165) is 19.3 Å². The van der Waals surface area contributed by atoms with E-state index in [0.29, 0.717) is 18.4 Å². The second-order valence-corrected chi connectivity index (χ2v) is 4.62. The van der Waals surface area contributed by atoms with Gasteiger partial charge in [-0.15, -0.1) is 0 Å². The summed E-state index contributed by atoms with van der Waals surface area (Å²) in [4.78, 5) is 11.5. The molecule has 0 heterocycles. The van der Waals surface area contributed by atoms with E-state index in [-0.39, 0.29) is 11.5 Å². The minimum Gasteiger partial charge on any atom is -0.504 e. The van der Waals surface area contributed by atoms with Gasteiger partial charge in [-0.25, -0.2) is 0 Å². The van der Waals surface area contributed by atoms with Gasteiger partial charge in [-0.2, -0.15) is 0 Å². The Labute approximate surface area is 99.5 Å². The first-order chi connectivity index (χ1) is 8.08. The predicted octanol–water partition coefficient (Wildman–Crippen LogP) is 2.38. The minimum atomic E-state index is -1.04. The van der Waals surface area contributed by atoms with Crippen molar-refractivity contribution in [1.29, 1.82) is 0 Å². The van der Waals surface area contributed by atoms with Gasteiger partial charge in [0.2, 0.25) is 0 Å². The molecule has 1 aliphatic rings. The van der Waals surface area contributed by atoms with Gasteiger partial charge in [-0.05, 0) is 18.9 Å². The SMILES string of the molecule is O=C(O)C1(c2cccc(O)c2O)CCCCC1. The largest absolute Gasteiger partial charge is 0.504 e. The molecule has 0 spiro atoms. The van der Waals surface area contributed by atoms with Gasteiger partial charge >= 0.3 is 5.97 Å². The third kappa shape index (κ3) is 1.84. The standard InChI is InChI=1S/C13H16O4/c14-10-6-4-5-9(11(10)15)13(12(16)17)7-2-1-3-8-13/h4-6,14-15H,1-3,7-8H2,(H,16,17). The van der Waals surface area contributed by atoms with E-state index >= 15 is 0 Å². The van der Waals surface area contributed by atoms with Crippen molar-refractivity contribution in [2.75, 3.05) is 0 Å². The number of carboxylic acids is 1. The molecule has 0 amide bonds. The molecule has 1 aliphatic carbocycles. The zero-order valence-corrected chi connectivity index (χ0v) is 9.52. The van der Waals surface area contributed by atoms with Gasteiger partial charge in [0.15, 0.2) is 11.5 Å². The Hall–Kier alpha value is -1.71. The number of aliphatic carboxylic acids is 1. The van der Waals surface area contributed by atoms with E-state index < -0.39 is 11.4 Å². The van der Waals surface area contributed by atoms with Gasteiger partial charge in [0.25, 0.3) is 0 Å². The van der Waals surface area contributed by atoms with Gasteiger partial charge in [0.05, 0.1) is 5.41 Å². The Morgan fingerprint density at radius 1 is 1.12 bits per heavy atom. The summed E-state index contributed by atoms with van der Waals surface area (Å²) in [6.07, 6.45) is 3.72. The summed E-state index contributed by atoms with van der Waals surface area (Å²) in [5.74, 6) is -1.47. The second-order valence-electron chi connectivity index (χ2n) is 4.62. The van der Waals surface area contributed by atoms with Gasteiger partial charge in [0.1, 0.15) is 0 Å². The Morgan fingerprint density at radius 3 is 2.35 bits per heavy atom. The summed E-state index contributed by atoms with van der Waals surface area (Å²) in [6.45, 7) is 0. The van der Waals surface area contributed by atoms with Crippen molar-refractivity contribution in [3.05, 3.63) is 23.8 Å². The molecule has 1 aromatic rings. The fourth-order valence-electron chi connectivity index (χ4n) is 2.67. The van der Waals surface area contributed by atoms with Crippen LogP contribution in [0.25, 0.3) is 0 Å². The highest BCUT2D eigenvalue weighted by atomic mass is 16.4. The van der Waals surface area contributed by atoms with Crippen LogP contribution in [0, 0.1) is 0 Å². The Balaban J connectivity index is 2.53. The fraction of sp³-hybridized carbons (Fsp3) is 0.462. The van der Waals surface area contributed by atoms with Crippen LogP contribution in [0.15, 0.2) is 18.2 Å². The van der Waals surface area contributed by atoms with Crippen molar-refractivity contribution >= 4 is 5.97 Å². The molecule has 1 aromatic carbocycles. The molecular weight excluding hydrogens is 220 g/mol. The number of aromatic hydroxyl groups is 2. The van der Waals surface area contributed by atoms with E-state index in [1.807, 2.05) is 0 Å². The molecular formula is C13H16O4. The quantitative estimate of drug-likeness (QED) is 0.689. The first kappa shape index (κ1) is 11.8. The number of benzene rings is 1. The smallest absolute Gasteiger partial charge is 0.314 e. The zero-order valence-electron chi connectivity index (χ0n) is 9.52. The lowest BCUT2D eigenvalue weighted by Crippen LogP contribution is -2.37. The van der Waals surface area contributed by atoms with Crippen LogP contribution in [0.4, 0.5) is 0 Å². The van der Waals surface area contributed by atoms with Gasteiger partial charge in [-0.1, -0.05) is 31.4 Å². The molecule has 2 rings (SSSR count). The summed E-state index contributed by atoms with van der Waals surface area (Å²) in [5, 5.41) is 28.8. The summed E-state index contributed by atoms with van der Waals surface area (Å²) in [7, 11) is 0. The van der Waals surface area contributed by atoms with Crippen molar-refractivity contribution in [1.82, 2.24) is 0 Å². The van der Waals surface area contributed by atoms with Crippen LogP contribution in [0.3, 0.4) is 0 Å². The third-order valence-corrected chi connectivity index (χ3v) is 3.65. The first-order valence-electron chi connectivity index (χ1n) is 5.83. The molecule has 1 fully saturated rings. The molecule has 4 nitrogen and oxygen atoms in total. The number of carbonyl (C=O) groups is 1. The highest BCUT2D eigenvalue weighted by Gasteiger charge is 2.43. The topological polar surface area (TPSA) is 77.8 Å². The Bertz CT molecular complexity index is 433. The summed E-state index contributed by atoms with van der Waals surface area (Å²) in [5.41, 5.74) is -0.703. The highest BCUT2D eigenvalue weighted by Crippen LogP contribution is 2.45. The lowest BCUT2D eigenvalue weighted by Gasteiger charge is -2.34. The maximum Gasteiger partial charge on any atom is 0.314 e. The van der Waals surface area contributed by atoms with Crippen LogP contribution in [0.5, 0.6) is 11.5 Å². The molecule has 3 N–H and O–H groups in total. The average molecular weight is 236 g/mol. The second kappa shape index (κ2) is 4.28. The molecule has 0 atom stereocenters. The first-order valence-corrected chi connectivity index (χ1v) is 5.83. The van der Waals surface area contributed by atoms with Crippen molar-refractivity contribution in [2.24, 2.45) is 0 Å². The lowest BCUT2D eigenvalue weighted by molar-refractivity contribution is -0.145. The van der Waals surface area contributed by atoms with Crippen LogP contribution in [0.2, 0.25) is 0 Å². The number of hydrogen-bond donors (Lipinski definition) is 3. The monoisotopic (exact) mass is 236 g/mol. The molecule has 0 saturated heterocycles. The van der Waals surface area contributed by atoms with Gasteiger partial charge < -0.3 is 15.3 Å². The lowest BCUT2D eigenvalue weighted by atomic mass is 9.69. The number of phenolic OH excluding ortho intramolecular Hbond substituents is 2. The van der Waals surface area contributed by atoms with E-state index in [1.54, 1.807) is 12.1 Å². The fourth-order valence-corrected chi connectivity index (χ4v) is 2.67. The number of rotatable bonds is 2. The van der Waals surface area contributed by atoms with E-state index in [1.165, 1.54) is 6.07 Å². The van der Waals surface area contributed by atoms with E-state index in [9.17, 15) is 20.1 Å². The molecule has 0 unspecified atom stereocenters. The van der Waals surface area contributed by atoms with Crippen LogP contribution >= 0.6 is 0 Å². The number of carboxylic acid groups (broad SMARTS) is 1. The molecule has 0 aliphatic heterocycles. The van der Waals surface area contributed by atoms with E-state index in [4.69, 9.17) is 0 Å². The maximum absolute atomic E-state index is 11.5. The van der Waals surface area contributed by atoms with Gasteiger partial charge in [-0.3, -0.25) is 4.79 Å². The molecule has 0 bridgehead atoms. The Kier molecular flexibility index (Phi) is 2.96. The molecule has 92 valence electrons. The third-order valence-electron chi connectivity index (χ3n) is 3.65. The van der Waals surface area contributed by atoms with Crippen molar-refractivity contribution in [3.63, 3.8) is 0 Å². The molecule has 0 aromatic heterocycles. The van der Waals surface area contributed by atoms with Crippen molar-refractivity contribution in [3.8, 4) is 11.5 Å². The highest BCUT2D eigenvalue weighted by molar-refractivity contribution is 5.83. The molecule has 0 radical (unpaired) electrons. The summed E-state index contributed by atoms with van der Waals surface area (Å²) < 4.78 is 0. The van der Waals surface area contributed by atoms with Crippen LogP contribution in [-0.2, 0) is 10.2 Å². The summed E-state index contributed by atoms with van der Waals surface area (Å²) >= 11 is 0. The van der Waals surface area contributed by atoms with Crippen LogP contribution in [0.1, 0.15) is 37.7 Å². The van der Waals surface area contributed by atoms with Crippen molar-refractivity contribution < 1.29 is 20.1 Å². The molecule has 4 heteroatoms. The number of phenols is 2. The predicted molar refractivity (Wildman–Crippen MR) is 62.2 cm³/mol. The van der Waals surface area contributed by atoms with E-state index in [2.05, 4.69) is 0 Å². The van der Waals surface area contributed by atoms with Crippen LogP contribution in [-0.4, -0.2) is 21.3 Å². The Morgan fingerprint density at radius 2 is 1.76 bits per heavy atom. The number of para-hydroxylation sites is 1. The summed E-state index contributed by atoms with van der Waals surface area (Å²) in [6, 6.07) is 4.52. The normalized spacial score (nSPS) is 18.8.